The molecule has 0 fully saturated rings. The summed E-state index contributed by atoms with van der Waals surface area (Å²) in [5, 5.41) is 0. The van der Waals surface area contributed by atoms with Crippen molar-refractivity contribution in [3.63, 3.8) is 0 Å². The number of aryl methyl sites for hydroxylation is 2. The van der Waals surface area contributed by atoms with E-state index in [-0.39, 0.29) is 7.43 Å². The Morgan fingerprint density at radius 2 is 1.36 bits per heavy atom. The smallest absolute Gasteiger partial charge is 0.0302 e. The van der Waals surface area contributed by atoms with Gasteiger partial charge in [0, 0.05) is 0 Å². The Labute approximate surface area is 90.4 Å². The van der Waals surface area contributed by atoms with E-state index in [4.69, 9.17) is 0 Å². The van der Waals surface area contributed by atoms with Gasteiger partial charge in [-0.25, -0.2) is 0 Å². The van der Waals surface area contributed by atoms with Crippen LogP contribution in [0.25, 0.3) is 0 Å². The molecule has 0 heteroatoms. The fraction of sp³-hybridized carbons (Fsp3) is 0.571. The zero-order valence-corrected chi connectivity index (χ0v) is 9.86. The highest BCUT2D eigenvalue weighted by atomic mass is 14.1. The molecular formula is C14H26. The molecule has 0 bridgehead atoms. The van der Waals surface area contributed by atoms with E-state index in [1.807, 2.05) is 13.8 Å². The van der Waals surface area contributed by atoms with Gasteiger partial charge in [-0.3, -0.25) is 0 Å². The van der Waals surface area contributed by atoms with Gasteiger partial charge >= 0.3 is 0 Å². The van der Waals surface area contributed by atoms with Crippen LogP contribution < -0.4 is 0 Å². The van der Waals surface area contributed by atoms with E-state index in [0.29, 0.717) is 0 Å². The maximum Gasteiger partial charge on any atom is -0.0302 e. The second-order valence-electron chi connectivity index (χ2n) is 3.16. The molecule has 0 aliphatic carbocycles. The standard InChI is InChI=1S/C11H16.C2H6.CH4/c1-5-11-9(3)7-6-8(2)10(11)4;1-2;/h6-7H,5H2,1-4H3;1-2H3;1H4. The van der Waals surface area contributed by atoms with Crippen molar-refractivity contribution in [2.24, 2.45) is 0 Å². The number of rotatable bonds is 1. The number of benzene rings is 1. The van der Waals surface area contributed by atoms with Gasteiger partial charge in [0.25, 0.3) is 0 Å². The molecule has 0 aromatic heterocycles. The molecule has 1 rings (SSSR count). The molecule has 1 aromatic rings. The van der Waals surface area contributed by atoms with Crippen molar-refractivity contribution in [1.29, 1.82) is 0 Å². The summed E-state index contributed by atoms with van der Waals surface area (Å²) in [6, 6.07) is 4.41. The van der Waals surface area contributed by atoms with Crippen LogP contribution in [0.3, 0.4) is 0 Å². The summed E-state index contributed by atoms with van der Waals surface area (Å²) in [5.41, 5.74) is 5.82. The Morgan fingerprint density at radius 3 is 1.71 bits per heavy atom. The number of hydrogen-bond acceptors (Lipinski definition) is 0. The highest BCUT2D eigenvalue weighted by Gasteiger charge is 2.01. The summed E-state index contributed by atoms with van der Waals surface area (Å²) in [6.45, 7) is 12.8. The molecule has 0 aliphatic rings. The minimum absolute atomic E-state index is 0. The average Bonchev–Trinajstić information content (AvgIpc) is 2.16. The van der Waals surface area contributed by atoms with Crippen molar-refractivity contribution in [2.75, 3.05) is 0 Å². The maximum atomic E-state index is 2.22. The van der Waals surface area contributed by atoms with Crippen molar-refractivity contribution < 1.29 is 0 Å². The molecule has 0 heterocycles. The van der Waals surface area contributed by atoms with Crippen LogP contribution in [0, 0.1) is 20.8 Å². The third-order valence-corrected chi connectivity index (χ3v) is 2.46. The van der Waals surface area contributed by atoms with Gasteiger partial charge in [-0.05, 0) is 49.4 Å². The Bertz CT molecular complexity index is 259. The SMILES string of the molecule is C.CC.CCc1c(C)ccc(C)c1C. The van der Waals surface area contributed by atoms with E-state index in [1.54, 1.807) is 0 Å². The zero-order chi connectivity index (χ0) is 10.4. The van der Waals surface area contributed by atoms with Crippen LogP contribution in [-0.2, 0) is 6.42 Å². The minimum atomic E-state index is 0. The summed E-state index contributed by atoms with van der Waals surface area (Å²) in [6.07, 6.45) is 1.15. The van der Waals surface area contributed by atoms with E-state index in [0.717, 1.165) is 6.42 Å². The summed E-state index contributed by atoms with van der Waals surface area (Å²) in [5.74, 6) is 0. The molecule has 0 saturated carbocycles. The second kappa shape index (κ2) is 7.61. The summed E-state index contributed by atoms with van der Waals surface area (Å²) >= 11 is 0. The predicted octanol–water partition coefficient (Wildman–Crippen LogP) is 4.84. The molecular weight excluding hydrogens is 168 g/mol. The zero-order valence-electron chi connectivity index (χ0n) is 9.86. The molecule has 1 aromatic carbocycles. The molecule has 0 atom stereocenters. The summed E-state index contributed by atoms with van der Waals surface area (Å²) in [7, 11) is 0. The first-order valence-electron chi connectivity index (χ1n) is 5.22. The van der Waals surface area contributed by atoms with E-state index in [1.165, 1.54) is 22.3 Å². The third kappa shape index (κ3) is 3.53. The van der Waals surface area contributed by atoms with Gasteiger partial charge in [0.1, 0.15) is 0 Å². The van der Waals surface area contributed by atoms with Gasteiger partial charge in [-0.1, -0.05) is 40.3 Å². The Kier molecular flexibility index (Phi) is 8.52. The Morgan fingerprint density at radius 1 is 0.929 bits per heavy atom. The van der Waals surface area contributed by atoms with Crippen LogP contribution in [0.15, 0.2) is 12.1 Å². The van der Waals surface area contributed by atoms with Gasteiger partial charge in [-0.2, -0.15) is 0 Å². The molecule has 0 amide bonds. The van der Waals surface area contributed by atoms with Crippen molar-refractivity contribution >= 4 is 0 Å². The van der Waals surface area contributed by atoms with Gasteiger partial charge in [0.05, 0.1) is 0 Å². The molecule has 0 aliphatic heterocycles. The monoisotopic (exact) mass is 194 g/mol. The van der Waals surface area contributed by atoms with E-state index in [2.05, 4.69) is 39.8 Å². The van der Waals surface area contributed by atoms with Gasteiger partial charge < -0.3 is 0 Å². The van der Waals surface area contributed by atoms with Crippen LogP contribution in [-0.4, -0.2) is 0 Å². The van der Waals surface area contributed by atoms with E-state index in [9.17, 15) is 0 Å². The van der Waals surface area contributed by atoms with Crippen LogP contribution in [0.1, 0.15) is 50.5 Å². The normalized spacial score (nSPS) is 8.43. The molecule has 14 heavy (non-hydrogen) atoms. The second-order valence-corrected chi connectivity index (χ2v) is 3.16. The predicted molar refractivity (Wildman–Crippen MR) is 68.1 cm³/mol. The first-order chi connectivity index (χ1) is 6.16. The first-order valence-corrected chi connectivity index (χ1v) is 5.22. The fourth-order valence-electron chi connectivity index (χ4n) is 1.55. The molecule has 82 valence electrons. The molecule has 0 unspecified atom stereocenters. The molecule has 0 saturated heterocycles. The van der Waals surface area contributed by atoms with Crippen LogP contribution in [0.5, 0.6) is 0 Å². The third-order valence-electron chi connectivity index (χ3n) is 2.46. The minimum Gasteiger partial charge on any atom is -0.0776 e. The van der Waals surface area contributed by atoms with E-state index >= 15 is 0 Å². The lowest BCUT2D eigenvalue weighted by Crippen LogP contribution is -1.93. The topological polar surface area (TPSA) is 0 Å². The fourth-order valence-corrected chi connectivity index (χ4v) is 1.55. The van der Waals surface area contributed by atoms with Crippen molar-refractivity contribution in [1.82, 2.24) is 0 Å². The summed E-state index contributed by atoms with van der Waals surface area (Å²) in [4.78, 5) is 0. The number of hydrogen-bond donors (Lipinski definition) is 0. The van der Waals surface area contributed by atoms with E-state index < -0.39 is 0 Å². The maximum absolute atomic E-state index is 2.22. The van der Waals surface area contributed by atoms with Gasteiger partial charge in [0.2, 0.25) is 0 Å². The van der Waals surface area contributed by atoms with Crippen LogP contribution >= 0.6 is 0 Å². The van der Waals surface area contributed by atoms with Crippen molar-refractivity contribution in [3.8, 4) is 0 Å². The highest BCUT2D eigenvalue weighted by molar-refractivity contribution is 5.38. The average molecular weight is 194 g/mol. The lowest BCUT2D eigenvalue weighted by atomic mass is 9.97. The van der Waals surface area contributed by atoms with Crippen molar-refractivity contribution in [3.05, 3.63) is 34.4 Å². The molecule has 0 nitrogen and oxygen atoms in total. The molecule has 0 N–H and O–H groups in total. The first kappa shape index (κ1) is 15.7. The molecule has 0 spiro atoms. The Balaban J connectivity index is 0. The highest BCUT2D eigenvalue weighted by Crippen LogP contribution is 2.17. The molecule has 0 radical (unpaired) electrons. The van der Waals surface area contributed by atoms with Crippen molar-refractivity contribution in [2.45, 2.75) is 55.4 Å². The van der Waals surface area contributed by atoms with Gasteiger partial charge in [0.15, 0.2) is 0 Å². The van der Waals surface area contributed by atoms with Crippen LogP contribution in [0.4, 0.5) is 0 Å². The largest absolute Gasteiger partial charge is 0.0776 e. The lowest BCUT2D eigenvalue weighted by Gasteiger charge is -2.09. The van der Waals surface area contributed by atoms with Crippen LogP contribution in [0.2, 0.25) is 0 Å². The quantitative estimate of drug-likeness (QED) is 0.600. The summed E-state index contributed by atoms with van der Waals surface area (Å²) < 4.78 is 0. The Hall–Kier alpha value is -0.780. The van der Waals surface area contributed by atoms with Gasteiger partial charge in [-0.15, -0.1) is 0 Å². The lowest BCUT2D eigenvalue weighted by molar-refractivity contribution is 1.07.